The summed E-state index contributed by atoms with van der Waals surface area (Å²) < 4.78 is 9.73. The van der Waals surface area contributed by atoms with E-state index >= 15 is 0 Å². The molecule has 1 atom stereocenters. The summed E-state index contributed by atoms with van der Waals surface area (Å²) in [5.41, 5.74) is 2.37. The molecule has 0 aliphatic rings. The van der Waals surface area contributed by atoms with Gasteiger partial charge in [-0.25, -0.2) is 0 Å². The molecule has 0 amide bonds. The molecular formula is C5H7O3P. The van der Waals surface area contributed by atoms with Gasteiger partial charge < -0.3 is 0 Å². The van der Waals surface area contributed by atoms with Gasteiger partial charge >= 0.3 is 53.2 Å². The van der Waals surface area contributed by atoms with Gasteiger partial charge in [0.1, 0.15) is 0 Å². The Labute approximate surface area is 54.2 Å². The number of carboxylic acid groups (broad SMARTS) is 1. The van der Waals surface area contributed by atoms with Crippen LogP contribution >= 0.6 is 7.92 Å². The molecule has 3 nitrogen and oxygen atoms in total. The number of hydrogen-bond donors (Lipinski definition) is 1. The summed E-state index contributed by atoms with van der Waals surface area (Å²) in [6, 6.07) is 0. The monoisotopic (exact) mass is 146 g/mol. The second kappa shape index (κ2) is 4.37. The minimum atomic E-state index is -0.883. The molecule has 0 aliphatic carbocycles. The normalized spacial score (nSPS) is 11.7. The fourth-order valence-electron chi connectivity index (χ4n) is 0.262. The Morgan fingerprint density at radius 2 is 2.44 bits per heavy atom. The van der Waals surface area contributed by atoms with Crippen LogP contribution in [0, 0.1) is 11.5 Å². The quantitative estimate of drug-likeness (QED) is 0.598. The Balaban J connectivity index is 3.72. The van der Waals surface area contributed by atoms with Crippen molar-refractivity contribution >= 4 is 13.9 Å². The molecule has 0 bridgehead atoms. The van der Waals surface area contributed by atoms with Gasteiger partial charge in [-0.1, -0.05) is 0 Å². The van der Waals surface area contributed by atoms with Crippen molar-refractivity contribution < 1.29 is 14.5 Å². The van der Waals surface area contributed by atoms with Crippen LogP contribution in [0.2, 0.25) is 0 Å². The van der Waals surface area contributed by atoms with E-state index in [1.165, 1.54) is 0 Å². The molecule has 50 valence electrons. The molecule has 1 unspecified atom stereocenters. The first-order valence-electron chi connectivity index (χ1n) is 2.46. The summed E-state index contributed by atoms with van der Waals surface area (Å²) >= 11 is 0. The summed E-state index contributed by atoms with van der Waals surface area (Å²) in [4.78, 5) is 10.1. The summed E-state index contributed by atoms with van der Waals surface area (Å²) in [5, 5.41) is 8.26. The van der Waals surface area contributed by atoms with Gasteiger partial charge in [0.2, 0.25) is 0 Å². The Kier molecular flexibility index (Phi) is 4.12. The molecule has 9 heavy (non-hydrogen) atoms. The van der Waals surface area contributed by atoms with E-state index in [9.17, 15) is 9.36 Å². The van der Waals surface area contributed by atoms with E-state index < -0.39 is 11.9 Å². The van der Waals surface area contributed by atoms with Crippen LogP contribution in [0.3, 0.4) is 0 Å². The third-order valence-electron chi connectivity index (χ3n) is 0.884. The number of rotatable bonds is 2. The fraction of sp³-hybridized carbons (Fsp3) is 0.600. The van der Waals surface area contributed by atoms with Crippen molar-refractivity contribution in [3.63, 3.8) is 0 Å². The van der Waals surface area contributed by atoms with Gasteiger partial charge in [0.05, 0.1) is 0 Å². The molecule has 0 radical (unpaired) electrons. The van der Waals surface area contributed by atoms with Gasteiger partial charge in [0, 0.05) is 0 Å². The number of carbonyl (C=O) groups is 1. The van der Waals surface area contributed by atoms with Crippen molar-refractivity contribution in [1.29, 1.82) is 0 Å². The van der Waals surface area contributed by atoms with Gasteiger partial charge in [-0.2, -0.15) is 0 Å². The van der Waals surface area contributed by atoms with Crippen molar-refractivity contribution in [2.75, 3.05) is 0 Å². The van der Waals surface area contributed by atoms with Crippen molar-refractivity contribution in [3.05, 3.63) is 0 Å². The number of aliphatic carboxylic acids is 1. The van der Waals surface area contributed by atoms with Crippen LogP contribution in [0.5, 0.6) is 0 Å². The Hall–Kier alpha value is -0.520. The molecular weight excluding hydrogens is 139 g/mol. The van der Waals surface area contributed by atoms with Crippen molar-refractivity contribution in [2.24, 2.45) is 5.92 Å². The van der Waals surface area contributed by atoms with Crippen LogP contribution in [0.1, 0.15) is 13.3 Å². The standard InChI is InChI=1S/C5H7O3P/c1-4(5(6)7)2-3-9-8/h4H,2H2,1H3,(H,6,7). The SMILES string of the molecule is CC(CC#P=O)C(=O)O. The van der Waals surface area contributed by atoms with Crippen LogP contribution < -0.4 is 0 Å². The van der Waals surface area contributed by atoms with Gasteiger partial charge in [-0.3, -0.25) is 0 Å². The van der Waals surface area contributed by atoms with Gasteiger partial charge in [0.25, 0.3) is 0 Å². The van der Waals surface area contributed by atoms with Gasteiger partial charge in [0.15, 0.2) is 0 Å². The van der Waals surface area contributed by atoms with Gasteiger partial charge in [-0.15, -0.1) is 0 Å². The van der Waals surface area contributed by atoms with E-state index in [-0.39, 0.29) is 14.3 Å². The minimum absolute atomic E-state index is 0.218. The Morgan fingerprint density at radius 1 is 1.89 bits per heavy atom. The van der Waals surface area contributed by atoms with E-state index in [0.29, 0.717) is 0 Å². The van der Waals surface area contributed by atoms with E-state index in [0.717, 1.165) is 0 Å². The zero-order valence-electron chi connectivity index (χ0n) is 5.00. The molecule has 0 saturated carbocycles. The molecule has 0 aromatic heterocycles. The maximum absolute atomic E-state index is 10.1. The summed E-state index contributed by atoms with van der Waals surface area (Å²) in [6.45, 7) is 1.54. The van der Waals surface area contributed by atoms with E-state index in [2.05, 4.69) is 5.63 Å². The van der Waals surface area contributed by atoms with E-state index in [4.69, 9.17) is 5.11 Å². The molecule has 0 fully saturated rings. The average molecular weight is 146 g/mol. The third kappa shape index (κ3) is 4.01. The predicted molar refractivity (Wildman–Crippen MR) is 32.9 cm³/mol. The summed E-state index contributed by atoms with van der Waals surface area (Å²) in [7, 11) is -0.218. The first kappa shape index (κ1) is 8.48. The fourth-order valence-corrected chi connectivity index (χ4v) is 0.610. The molecule has 0 aliphatic heterocycles. The van der Waals surface area contributed by atoms with Crippen LogP contribution in [-0.4, -0.2) is 11.1 Å². The zero-order valence-corrected chi connectivity index (χ0v) is 5.89. The van der Waals surface area contributed by atoms with Crippen molar-refractivity contribution in [1.82, 2.24) is 0 Å². The van der Waals surface area contributed by atoms with Crippen LogP contribution in [0.15, 0.2) is 0 Å². The third-order valence-corrected chi connectivity index (χ3v) is 1.20. The predicted octanol–water partition coefficient (Wildman–Crippen LogP) is 1.35. The average Bonchev–Trinajstić information content (AvgIpc) is 1.82. The Bertz CT molecular complexity index is 191. The Morgan fingerprint density at radius 3 is 2.78 bits per heavy atom. The van der Waals surface area contributed by atoms with Crippen LogP contribution in [-0.2, 0) is 9.36 Å². The molecule has 0 spiro atoms. The number of hydrogen-bond acceptors (Lipinski definition) is 2. The van der Waals surface area contributed by atoms with Crippen molar-refractivity contribution in [2.45, 2.75) is 13.3 Å². The second-order valence-electron chi connectivity index (χ2n) is 1.69. The molecule has 0 heterocycles. The first-order valence-corrected chi connectivity index (χ1v) is 3.27. The van der Waals surface area contributed by atoms with Crippen LogP contribution in [0.25, 0.3) is 0 Å². The molecule has 0 aromatic carbocycles. The molecule has 1 N–H and O–H groups in total. The molecule has 0 saturated heterocycles. The zero-order chi connectivity index (χ0) is 7.28. The topological polar surface area (TPSA) is 54.4 Å². The van der Waals surface area contributed by atoms with Gasteiger partial charge in [-0.05, 0) is 0 Å². The number of carboxylic acids is 1. The van der Waals surface area contributed by atoms with Crippen molar-refractivity contribution in [3.8, 4) is 5.63 Å². The van der Waals surface area contributed by atoms with Crippen LogP contribution in [0.4, 0.5) is 0 Å². The maximum atomic E-state index is 10.1. The second-order valence-corrected chi connectivity index (χ2v) is 2.19. The molecule has 4 heteroatoms. The van der Waals surface area contributed by atoms with E-state index in [1.807, 2.05) is 0 Å². The molecule has 0 aromatic rings. The molecule has 0 rings (SSSR count). The summed E-state index contributed by atoms with van der Waals surface area (Å²) in [6.07, 6.45) is 0.236. The summed E-state index contributed by atoms with van der Waals surface area (Å²) in [5.74, 6) is -1.36. The van der Waals surface area contributed by atoms with E-state index in [1.54, 1.807) is 6.92 Å². The first-order chi connectivity index (χ1) is 4.18.